The third-order valence-corrected chi connectivity index (χ3v) is 0.798. The minimum atomic E-state index is 0.646. The molecule has 0 bridgehead atoms. The maximum Gasteiger partial charge on any atom is 0.117 e. The van der Waals surface area contributed by atoms with E-state index in [1.807, 2.05) is 19.1 Å². The second-order valence-electron chi connectivity index (χ2n) is 1.39. The molecule has 0 aliphatic carbocycles. The van der Waals surface area contributed by atoms with Crippen LogP contribution in [0.3, 0.4) is 0 Å². The summed E-state index contributed by atoms with van der Waals surface area (Å²) in [5.41, 5.74) is 0.646. The zero-order valence-electron chi connectivity index (χ0n) is 5.23. The summed E-state index contributed by atoms with van der Waals surface area (Å²) in [6, 6.07) is 2.00. The lowest BCUT2D eigenvalue weighted by molar-refractivity contribution is 1.01. The van der Waals surface area contributed by atoms with Crippen LogP contribution in [0.5, 0.6) is 0 Å². The monoisotopic (exact) mass is 110 g/mol. The van der Waals surface area contributed by atoms with Gasteiger partial charge >= 0.3 is 0 Å². The average Bonchev–Trinajstić information content (AvgIpc) is 1.83. The van der Waals surface area contributed by atoms with Crippen molar-refractivity contribution < 1.29 is 0 Å². The molecule has 0 fully saturated rings. The van der Waals surface area contributed by atoms with Crippen LogP contribution in [-0.2, 0) is 0 Å². The number of allylic oxidation sites excluding steroid dienone is 2. The van der Waals surface area contributed by atoms with E-state index in [4.69, 9.17) is 5.26 Å². The predicted octanol–water partition coefficient (Wildman–Crippen LogP) is 1.02. The van der Waals surface area contributed by atoms with Crippen LogP contribution in [0.4, 0.5) is 0 Å². The molecule has 0 radical (unpaired) electrons. The van der Waals surface area contributed by atoms with Crippen molar-refractivity contribution >= 4 is 0 Å². The smallest absolute Gasteiger partial charge is 0.117 e. The standard InChI is InChI=1S/C6H10N2/c1-3-4-6(5-7)8-2/h4,8H,3H2,1-2H3/b6-4-. The van der Waals surface area contributed by atoms with Crippen molar-refractivity contribution in [2.45, 2.75) is 13.3 Å². The zero-order chi connectivity index (χ0) is 6.41. The SMILES string of the molecule is CC/C=C(/C#N)NC. The molecule has 0 atom stereocenters. The van der Waals surface area contributed by atoms with Gasteiger partial charge in [-0.3, -0.25) is 0 Å². The zero-order valence-corrected chi connectivity index (χ0v) is 5.23. The van der Waals surface area contributed by atoms with Crippen LogP contribution in [0, 0.1) is 11.3 Å². The molecule has 8 heavy (non-hydrogen) atoms. The second-order valence-corrected chi connectivity index (χ2v) is 1.39. The van der Waals surface area contributed by atoms with Gasteiger partial charge in [0.2, 0.25) is 0 Å². The Labute approximate surface area is 49.8 Å². The number of rotatable bonds is 2. The van der Waals surface area contributed by atoms with Crippen molar-refractivity contribution in [3.05, 3.63) is 11.8 Å². The summed E-state index contributed by atoms with van der Waals surface area (Å²) in [5.74, 6) is 0. The van der Waals surface area contributed by atoms with Gasteiger partial charge < -0.3 is 5.32 Å². The second kappa shape index (κ2) is 4.20. The number of hydrogen-bond acceptors (Lipinski definition) is 2. The van der Waals surface area contributed by atoms with Gasteiger partial charge in [-0.25, -0.2) is 0 Å². The minimum absolute atomic E-state index is 0.646. The molecule has 0 spiro atoms. The highest BCUT2D eigenvalue weighted by atomic mass is 14.8. The maximum absolute atomic E-state index is 8.28. The van der Waals surface area contributed by atoms with Crippen molar-refractivity contribution in [2.24, 2.45) is 0 Å². The van der Waals surface area contributed by atoms with E-state index in [0.717, 1.165) is 6.42 Å². The third-order valence-electron chi connectivity index (χ3n) is 0.798. The van der Waals surface area contributed by atoms with E-state index in [9.17, 15) is 0 Å². The van der Waals surface area contributed by atoms with Crippen molar-refractivity contribution in [2.75, 3.05) is 7.05 Å². The van der Waals surface area contributed by atoms with Crippen LogP contribution in [0.2, 0.25) is 0 Å². The molecule has 0 amide bonds. The first-order valence-corrected chi connectivity index (χ1v) is 2.63. The Morgan fingerprint density at radius 3 is 2.62 bits per heavy atom. The van der Waals surface area contributed by atoms with Gasteiger partial charge in [-0.05, 0) is 6.42 Å². The molecular weight excluding hydrogens is 100 g/mol. The van der Waals surface area contributed by atoms with E-state index in [-0.39, 0.29) is 0 Å². The molecule has 0 saturated carbocycles. The van der Waals surface area contributed by atoms with Gasteiger partial charge in [-0.2, -0.15) is 5.26 Å². The van der Waals surface area contributed by atoms with Gasteiger partial charge in [0, 0.05) is 7.05 Å². The van der Waals surface area contributed by atoms with Crippen LogP contribution in [0.15, 0.2) is 11.8 Å². The molecule has 0 heterocycles. The molecule has 0 aromatic rings. The van der Waals surface area contributed by atoms with Crippen LogP contribution in [0.1, 0.15) is 13.3 Å². The molecular formula is C6H10N2. The Balaban J connectivity index is 3.72. The topological polar surface area (TPSA) is 35.8 Å². The van der Waals surface area contributed by atoms with Crippen molar-refractivity contribution in [1.29, 1.82) is 5.26 Å². The van der Waals surface area contributed by atoms with Crippen LogP contribution < -0.4 is 5.32 Å². The highest BCUT2D eigenvalue weighted by Gasteiger charge is 1.82. The van der Waals surface area contributed by atoms with Crippen molar-refractivity contribution in [1.82, 2.24) is 5.32 Å². The van der Waals surface area contributed by atoms with Crippen molar-refractivity contribution in [3.63, 3.8) is 0 Å². The number of nitriles is 1. The fraction of sp³-hybridized carbons (Fsp3) is 0.500. The first-order valence-electron chi connectivity index (χ1n) is 2.63. The Morgan fingerprint density at radius 1 is 1.88 bits per heavy atom. The molecule has 0 aliphatic heterocycles. The number of hydrogen-bond donors (Lipinski definition) is 1. The van der Waals surface area contributed by atoms with Crippen molar-refractivity contribution in [3.8, 4) is 6.07 Å². The van der Waals surface area contributed by atoms with E-state index >= 15 is 0 Å². The molecule has 0 aromatic carbocycles. The Hall–Kier alpha value is -0.970. The average molecular weight is 110 g/mol. The van der Waals surface area contributed by atoms with Crippen LogP contribution >= 0.6 is 0 Å². The molecule has 1 N–H and O–H groups in total. The highest BCUT2D eigenvalue weighted by Crippen LogP contribution is 1.86. The molecule has 2 nitrogen and oxygen atoms in total. The van der Waals surface area contributed by atoms with Gasteiger partial charge in [-0.15, -0.1) is 0 Å². The predicted molar refractivity (Wildman–Crippen MR) is 33.0 cm³/mol. The summed E-state index contributed by atoms with van der Waals surface area (Å²) in [6.07, 6.45) is 2.75. The summed E-state index contributed by atoms with van der Waals surface area (Å²) >= 11 is 0. The Morgan fingerprint density at radius 2 is 2.50 bits per heavy atom. The van der Waals surface area contributed by atoms with Gasteiger partial charge in [0.15, 0.2) is 0 Å². The minimum Gasteiger partial charge on any atom is -0.380 e. The highest BCUT2D eigenvalue weighted by molar-refractivity contribution is 5.17. The van der Waals surface area contributed by atoms with E-state index in [1.54, 1.807) is 7.05 Å². The van der Waals surface area contributed by atoms with Gasteiger partial charge in [-0.1, -0.05) is 13.0 Å². The third kappa shape index (κ3) is 2.25. The quantitative estimate of drug-likeness (QED) is 0.539. The van der Waals surface area contributed by atoms with Gasteiger partial charge in [0.05, 0.1) is 0 Å². The molecule has 0 unspecified atom stereocenters. The number of nitrogens with one attached hydrogen (secondary N) is 1. The lowest BCUT2D eigenvalue weighted by Crippen LogP contribution is -2.02. The molecule has 44 valence electrons. The van der Waals surface area contributed by atoms with E-state index in [1.165, 1.54) is 0 Å². The fourth-order valence-corrected chi connectivity index (χ4v) is 0.408. The largest absolute Gasteiger partial charge is 0.380 e. The molecule has 0 saturated heterocycles. The molecule has 0 aromatic heterocycles. The Bertz CT molecular complexity index is 119. The molecule has 0 rings (SSSR count). The molecule has 2 heteroatoms. The normalized spacial score (nSPS) is 10.4. The van der Waals surface area contributed by atoms with Gasteiger partial charge in [0.1, 0.15) is 11.8 Å². The first-order chi connectivity index (χ1) is 3.85. The van der Waals surface area contributed by atoms with E-state index in [2.05, 4.69) is 5.32 Å². The summed E-state index contributed by atoms with van der Waals surface area (Å²) in [5, 5.41) is 11.0. The lowest BCUT2D eigenvalue weighted by atomic mass is 10.4. The summed E-state index contributed by atoms with van der Waals surface area (Å²) in [7, 11) is 1.74. The Kier molecular flexibility index (Phi) is 3.69. The first kappa shape index (κ1) is 7.03. The van der Waals surface area contributed by atoms with Gasteiger partial charge in [0.25, 0.3) is 0 Å². The van der Waals surface area contributed by atoms with Crippen LogP contribution in [-0.4, -0.2) is 7.05 Å². The maximum atomic E-state index is 8.28. The summed E-state index contributed by atoms with van der Waals surface area (Å²) < 4.78 is 0. The van der Waals surface area contributed by atoms with E-state index in [0.29, 0.717) is 5.70 Å². The summed E-state index contributed by atoms with van der Waals surface area (Å²) in [4.78, 5) is 0. The number of nitrogens with zero attached hydrogens (tertiary/aromatic N) is 1. The molecule has 0 aliphatic rings. The van der Waals surface area contributed by atoms with Crippen LogP contribution in [0.25, 0.3) is 0 Å². The van der Waals surface area contributed by atoms with E-state index < -0.39 is 0 Å². The summed E-state index contributed by atoms with van der Waals surface area (Å²) in [6.45, 7) is 1.99. The fourth-order valence-electron chi connectivity index (χ4n) is 0.408. The lowest BCUT2D eigenvalue weighted by Gasteiger charge is -1.90.